The molecule has 0 unspecified atom stereocenters. The van der Waals surface area contributed by atoms with E-state index in [0.29, 0.717) is 5.56 Å². The van der Waals surface area contributed by atoms with Crippen LogP contribution in [0.1, 0.15) is 35.0 Å². The normalized spacial score (nSPS) is 13.1. The van der Waals surface area contributed by atoms with Gasteiger partial charge in [-0.2, -0.15) is 0 Å². The molecule has 3 aromatic rings. The van der Waals surface area contributed by atoms with Crippen molar-refractivity contribution in [3.05, 3.63) is 93.4 Å². The van der Waals surface area contributed by atoms with Crippen LogP contribution in [0.5, 0.6) is 0 Å². The molecule has 0 aliphatic rings. The first-order valence-electron chi connectivity index (χ1n) is 8.70. The topological polar surface area (TPSA) is 41.1 Å². The molecule has 0 fully saturated rings. The van der Waals surface area contributed by atoms with Gasteiger partial charge in [-0.05, 0) is 53.8 Å². The van der Waals surface area contributed by atoms with Gasteiger partial charge in [0.15, 0.2) is 11.6 Å². The molecule has 0 aliphatic heterocycles. The zero-order valence-electron chi connectivity index (χ0n) is 15.1. The van der Waals surface area contributed by atoms with Crippen molar-refractivity contribution in [2.75, 3.05) is 6.54 Å². The van der Waals surface area contributed by atoms with E-state index in [1.165, 1.54) is 29.5 Å². The number of benzene rings is 2. The van der Waals surface area contributed by atoms with Crippen LogP contribution in [0.3, 0.4) is 0 Å². The van der Waals surface area contributed by atoms with Gasteiger partial charge in [-0.25, -0.2) is 13.2 Å². The fourth-order valence-corrected chi connectivity index (χ4v) is 3.59. The van der Waals surface area contributed by atoms with Crippen molar-refractivity contribution in [1.29, 1.82) is 0 Å². The maximum Gasteiger partial charge on any atom is 0.234 e. The predicted octanol–water partition coefficient (Wildman–Crippen LogP) is 4.72. The van der Waals surface area contributed by atoms with Crippen molar-refractivity contribution in [2.24, 2.45) is 0 Å². The second-order valence-corrected chi connectivity index (χ2v) is 7.32. The van der Waals surface area contributed by atoms with Crippen molar-refractivity contribution in [1.82, 2.24) is 10.6 Å². The average molecular weight is 404 g/mol. The molecule has 3 nitrogen and oxygen atoms in total. The lowest BCUT2D eigenvalue weighted by atomic mass is 10.1. The molecule has 1 amide bonds. The molecule has 0 saturated carbocycles. The Morgan fingerprint density at radius 1 is 1.00 bits per heavy atom. The fourth-order valence-electron chi connectivity index (χ4n) is 2.79. The van der Waals surface area contributed by atoms with Crippen molar-refractivity contribution in [2.45, 2.75) is 19.0 Å². The van der Waals surface area contributed by atoms with Gasteiger partial charge in [0.25, 0.3) is 0 Å². The minimum atomic E-state index is -0.926. The number of carbonyl (C=O) groups excluding carboxylic acids is 1. The van der Waals surface area contributed by atoms with Gasteiger partial charge in [-0.3, -0.25) is 4.79 Å². The summed E-state index contributed by atoms with van der Waals surface area (Å²) in [5.41, 5.74) is 1.31. The summed E-state index contributed by atoms with van der Waals surface area (Å²) in [4.78, 5) is 13.4. The van der Waals surface area contributed by atoms with Gasteiger partial charge in [0.1, 0.15) is 5.82 Å². The lowest BCUT2D eigenvalue weighted by Crippen LogP contribution is -2.37. The Kier molecular flexibility index (Phi) is 6.49. The van der Waals surface area contributed by atoms with Crippen molar-refractivity contribution in [3.8, 4) is 0 Å². The Morgan fingerprint density at radius 2 is 1.71 bits per heavy atom. The molecule has 0 saturated heterocycles. The molecule has 0 spiro atoms. The largest absolute Gasteiger partial charge is 0.343 e. The Balaban J connectivity index is 1.65. The summed E-state index contributed by atoms with van der Waals surface area (Å²) in [6.45, 7) is 1.75. The molecular weight excluding hydrogens is 385 g/mol. The second-order valence-electron chi connectivity index (χ2n) is 6.34. The Labute approximate surface area is 165 Å². The van der Waals surface area contributed by atoms with E-state index in [1.807, 2.05) is 17.5 Å². The van der Waals surface area contributed by atoms with Gasteiger partial charge < -0.3 is 10.6 Å². The smallest absolute Gasteiger partial charge is 0.234 e. The van der Waals surface area contributed by atoms with Gasteiger partial charge >= 0.3 is 0 Å². The van der Waals surface area contributed by atoms with E-state index in [2.05, 4.69) is 10.6 Å². The highest BCUT2D eigenvalue weighted by Crippen LogP contribution is 2.26. The van der Waals surface area contributed by atoms with E-state index in [9.17, 15) is 18.0 Å². The summed E-state index contributed by atoms with van der Waals surface area (Å²) in [6.07, 6.45) is 0. The highest BCUT2D eigenvalue weighted by atomic mass is 32.1. The maximum atomic E-state index is 13.4. The monoisotopic (exact) mass is 404 g/mol. The van der Waals surface area contributed by atoms with Crippen LogP contribution >= 0.6 is 11.3 Å². The number of thiophene rings is 1. The Morgan fingerprint density at radius 3 is 2.36 bits per heavy atom. The standard InChI is InChI=1S/C21H19F3N2OS/c1-13(15-6-9-17(23)18(24)11-15)25-12-20(27)26-21(19-3-2-10-28-19)14-4-7-16(22)8-5-14/h2-11,13,21,25H,12H2,1H3,(H,26,27)/t13-,21-/m0/s1. The molecule has 3 rings (SSSR count). The van der Waals surface area contributed by atoms with Crippen LogP contribution in [-0.4, -0.2) is 12.5 Å². The summed E-state index contributed by atoms with van der Waals surface area (Å²) in [5.74, 6) is -2.45. The summed E-state index contributed by atoms with van der Waals surface area (Å²) in [5, 5.41) is 7.84. The number of halogens is 3. The van der Waals surface area contributed by atoms with Gasteiger partial charge in [0.05, 0.1) is 12.6 Å². The van der Waals surface area contributed by atoms with E-state index in [-0.39, 0.29) is 24.3 Å². The van der Waals surface area contributed by atoms with Crippen LogP contribution in [0, 0.1) is 17.5 Å². The summed E-state index contributed by atoms with van der Waals surface area (Å²) in [7, 11) is 0. The van der Waals surface area contributed by atoms with E-state index < -0.39 is 17.7 Å². The van der Waals surface area contributed by atoms with Crippen LogP contribution in [0.25, 0.3) is 0 Å². The zero-order chi connectivity index (χ0) is 20.1. The van der Waals surface area contributed by atoms with Crippen LogP contribution in [-0.2, 0) is 4.79 Å². The average Bonchev–Trinajstić information content (AvgIpc) is 3.21. The van der Waals surface area contributed by atoms with Gasteiger partial charge in [-0.15, -0.1) is 11.3 Å². The zero-order valence-corrected chi connectivity index (χ0v) is 15.9. The third-order valence-corrected chi connectivity index (χ3v) is 5.29. The first kappa shape index (κ1) is 20.1. The number of hydrogen-bond acceptors (Lipinski definition) is 3. The van der Waals surface area contributed by atoms with Crippen LogP contribution in [0.2, 0.25) is 0 Å². The van der Waals surface area contributed by atoms with Gasteiger partial charge in [-0.1, -0.05) is 24.3 Å². The first-order chi connectivity index (χ1) is 13.4. The van der Waals surface area contributed by atoms with Gasteiger partial charge in [0, 0.05) is 10.9 Å². The quantitative estimate of drug-likeness (QED) is 0.598. The third kappa shape index (κ3) is 4.99. The lowest BCUT2D eigenvalue weighted by Gasteiger charge is -2.20. The SMILES string of the molecule is C[C@H](NCC(=O)N[C@@H](c1ccc(F)cc1)c1cccs1)c1ccc(F)c(F)c1. The molecule has 0 radical (unpaired) electrons. The summed E-state index contributed by atoms with van der Waals surface area (Å²) >= 11 is 1.49. The van der Waals surface area contributed by atoms with E-state index >= 15 is 0 Å². The number of nitrogens with one attached hydrogen (secondary N) is 2. The van der Waals surface area contributed by atoms with Crippen LogP contribution < -0.4 is 10.6 Å². The molecule has 1 aromatic heterocycles. The molecule has 146 valence electrons. The lowest BCUT2D eigenvalue weighted by molar-refractivity contribution is -0.120. The third-order valence-electron chi connectivity index (χ3n) is 4.35. The van der Waals surface area contributed by atoms with E-state index in [4.69, 9.17) is 0 Å². The molecule has 1 heterocycles. The number of amides is 1. The Hall–Kier alpha value is -2.64. The number of carbonyl (C=O) groups is 1. The predicted molar refractivity (Wildman–Crippen MR) is 103 cm³/mol. The molecule has 0 bridgehead atoms. The molecule has 7 heteroatoms. The molecular formula is C21H19F3N2OS. The van der Waals surface area contributed by atoms with Crippen molar-refractivity contribution >= 4 is 17.2 Å². The summed E-state index contributed by atoms with van der Waals surface area (Å²) in [6, 6.07) is 12.7. The summed E-state index contributed by atoms with van der Waals surface area (Å²) < 4.78 is 39.7. The van der Waals surface area contributed by atoms with Gasteiger partial charge in [0.2, 0.25) is 5.91 Å². The number of rotatable bonds is 7. The second kappa shape index (κ2) is 9.03. The molecule has 28 heavy (non-hydrogen) atoms. The van der Waals surface area contributed by atoms with E-state index in [0.717, 1.165) is 22.6 Å². The minimum absolute atomic E-state index is 0.0107. The Bertz CT molecular complexity index is 929. The van der Waals surface area contributed by atoms with Crippen molar-refractivity contribution < 1.29 is 18.0 Å². The highest BCUT2D eigenvalue weighted by Gasteiger charge is 2.18. The fraction of sp³-hybridized carbons (Fsp3) is 0.190. The molecule has 2 N–H and O–H groups in total. The molecule has 2 aromatic carbocycles. The van der Waals surface area contributed by atoms with Crippen molar-refractivity contribution in [3.63, 3.8) is 0 Å². The molecule has 0 aliphatic carbocycles. The van der Waals surface area contributed by atoms with Crippen LogP contribution in [0.15, 0.2) is 60.0 Å². The maximum absolute atomic E-state index is 13.4. The van der Waals surface area contributed by atoms with Crippen LogP contribution in [0.4, 0.5) is 13.2 Å². The highest BCUT2D eigenvalue weighted by molar-refractivity contribution is 7.10. The molecule has 2 atom stereocenters. The number of hydrogen-bond donors (Lipinski definition) is 2. The minimum Gasteiger partial charge on any atom is -0.343 e. The first-order valence-corrected chi connectivity index (χ1v) is 9.58. The van der Waals surface area contributed by atoms with E-state index in [1.54, 1.807) is 19.1 Å².